The fourth-order valence-corrected chi connectivity index (χ4v) is 2.68. The Morgan fingerprint density at radius 3 is 2.55 bits per heavy atom. The van der Waals surface area contributed by atoms with Gasteiger partial charge in [-0.15, -0.1) is 0 Å². The van der Waals surface area contributed by atoms with Gasteiger partial charge in [0.1, 0.15) is 0 Å². The van der Waals surface area contributed by atoms with Gasteiger partial charge in [0, 0.05) is 30.0 Å². The summed E-state index contributed by atoms with van der Waals surface area (Å²) < 4.78 is 0. The van der Waals surface area contributed by atoms with Gasteiger partial charge in [0.2, 0.25) is 0 Å². The van der Waals surface area contributed by atoms with Crippen molar-refractivity contribution in [1.29, 1.82) is 0 Å². The second-order valence-corrected chi connectivity index (χ2v) is 5.88. The normalized spacial score (nSPS) is 21.5. The first-order valence-corrected chi connectivity index (χ1v) is 7.35. The van der Waals surface area contributed by atoms with E-state index in [1.54, 1.807) is 0 Å². The third-order valence-corrected chi connectivity index (χ3v) is 4.14. The van der Waals surface area contributed by atoms with Crippen molar-refractivity contribution in [3.8, 4) is 0 Å². The standard InChI is InChI=1S/C16H18ClN3/c1-11-8-19-16(9-18-11)10-20-15-6-13(7-15)12-2-4-14(17)5-3-12/h2-5,8-9,13,15,20H,6-7,10H2,1H3. The highest BCUT2D eigenvalue weighted by Gasteiger charge is 2.29. The molecular weight excluding hydrogens is 270 g/mol. The highest BCUT2D eigenvalue weighted by Crippen LogP contribution is 2.37. The van der Waals surface area contributed by atoms with Gasteiger partial charge in [-0.2, -0.15) is 0 Å². The van der Waals surface area contributed by atoms with E-state index in [0.29, 0.717) is 12.0 Å². The van der Waals surface area contributed by atoms with Crippen molar-refractivity contribution in [3.63, 3.8) is 0 Å². The Bertz CT molecular complexity index is 557. The average Bonchev–Trinajstić information content (AvgIpc) is 2.41. The number of nitrogens with zero attached hydrogens (tertiary/aromatic N) is 2. The van der Waals surface area contributed by atoms with Gasteiger partial charge in [-0.3, -0.25) is 9.97 Å². The first-order chi connectivity index (χ1) is 9.70. The van der Waals surface area contributed by atoms with Crippen LogP contribution in [-0.4, -0.2) is 16.0 Å². The molecule has 4 heteroatoms. The molecule has 3 nitrogen and oxygen atoms in total. The fraction of sp³-hybridized carbons (Fsp3) is 0.375. The number of hydrogen-bond donors (Lipinski definition) is 1. The molecule has 104 valence electrons. The Kier molecular flexibility index (Phi) is 3.99. The van der Waals surface area contributed by atoms with E-state index in [2.05, 4.69) is 27.4 Å². The lowest BCUT2D eigenvalue weighted by Crippen LogP contribution is -2.39. The van der Waals surface area contributed by atoms with Crippen LogP contribution < -0.4 is 5.32 Å². The predicted octanol–water partition coefficient (Wildman–Crippen LogP) is 3.47. The van der Waals surface area contributed by atoms with Crippen LogP contribution >= 0.6 is 11.6 Å². The molecule has 1 heterocycles. The van der Waals surface area contributed by atoms with Crippen molar-refractivity contribution in [2.45, 2.75) is 38.3 Å². The molecule has 1 fully saturated rings. The molecule has 1 aliphatic rings. The highest BCUT2D eigenvalue weighted by atomic mass is 35.5. The maximum absolute atomic E-state index is 5.91. The molecule has 1 saturated carbocycles. The Hall–Kier alpha value is -1.45. The minimum Gasteiger partial charge on any atom is -0.308 e. The lowest BCUT2D eigenvalue weighted by molar-refractivity contribution is 0.288. The Balaban J connectivity index is 1.46. The van der Waals surface area contributed by atoms with E-state index < -0.39 is 0 Å². The maximum atomic E-state index is 5.91. The molecule has 2 aromatic rings. The molecule has 0 atom stereocenters. The van der Waals surface area contributed by atoms with Gasteiger partial charge in [0.25, 0.3) is 0 Å². The van der Waals surface area contributed by atoms with Crippen LogP contribution in [-0.2, 0) is 6.54 Å². The molecule has 0 amide bonds. The summed E-state index contributed by atoms with van der Waals surface area (Å²) in [6.07, 6.45) is 6.02. The average molecular weight is 288 g/mol. The largest absolute Gasteiger partial charge is 0.308 e. The summed E-state index contributed by atoms with van der Waals surface area (Å²) in [5.41, 5.74) is 3.35. The van der Waals surface area contributed by atoms with Gasteiger partial charge in [-0.25, -0.2) is 0 Å². The van der Waals surface area contributed by atoms with Gasteiger partial charge >= 0.3 is 0 Å². The number of hydrogen-bond acceptors (Lipinski definition) is 3. The minimum atomic E-state index is 0.582. The summed E-state index contributed by atoms with van der Waals surface area (Å²) in [7, 11) is 0. The summed E-state index contributed by atoms with van der Waals surface area (Å²) in [4.78, 5) is 8.61. The van der Waals surface area contributed by atoms with Gasteiger partial charge in [-0.1, -0.05) is 23.7 Å². The van der Waals surface area contributed by atoms with Crippen molar-refractivity contribution in [1.82, 2.24) is 15.3 Å². The van der Waals surface area contributed by atoms with Crippen molar-refractivity contribution in [2.24, 2.45) is 0 Å². The summed E-state index contributed by atoms with van der Waals surface area (Å²) in [5.74, 6) is 0.661. The molecule has 1 N–H and O–H groups in total. The number of halogens is 1. The zero-order chi connectivity index (χ0) is 13.9. The fourth-order valence-electron chi connectivity index (χ4n) is 2.55. The molecule has 0 spiro atoms. The van der Waals surface area contributed by atoms with Crippen LogP contribution in [0.4, 0.5) is 0 Å². The lowest BCUT2D eigenvalue weighted by Gasteiger charge is -2.36. The number of benzene rings is 1. The van der Waals surface area contributed by atoms with Crippen molar-refractivity contribution in [3.05, 3.63) is 58.6 Å². The van der Waals surface area contributed by atoms with Crippen molar-refractivity contribution >= 4 is 11.6 Å². The SMILES string of the molecule is Cc1cnc(CNC2CC(c3ccc(Cl)cc3)C2)cn1. The Labute approximate surface area is 124 Å². The van der Waals surface area contributed by atoms with Crippen LogP contribution in [0.2, 0.25) is 5.02 Å². The van der Waals surface area contributed by atoms with Crippen LogP contribution in [0.3, 0.4) is 0 Å². The van der Waals surface area contributed by atoms with E-state index >= 15 is 0 Å². The van der Waals surface area contributed by atoms with E-state index in [1.165, 1.54) is 18.4 Å². The molecule has 1 aliphatic carbocycles. The van der Waals surface area contributed by atoms with Gasteiger partial charge < -0.3 is 5.32 Å². The van der Waals surface area contributed by atoms with Crippen LogP contribution in [0.5, 0.6) is 0 Å². The summed E-state index contributed by atoms with van der Waals surface area (Å²) in [6, 6.07) is 8.79. The van der Waals surface area contributed by atoms with Crippen molar-refractivity contribution in [2.75, 3.05) is 0 Å². The molecule has 0 aliphatic heterocycles. The molecular formula is C16H18ClN3. The highest BCUT2D eigenvalue weighted by molar-refractivity contribution is 6.30. The molecule has 0 unspecified atom stereocenters. The monoisotopic (exact) mass is 287 g/mol. The predicted molar refractivity (Wildman–Crippen MR) is 80.8 cm³/mol. The first kappa shape index (κ1) is 13.5. The minimum absolute atomic E-state index is 0.582. The zero-order valence-electron chi connectivity index (χ0n) is 11.5. The summed E-state index contributed by atoms with van der Waals surface area (Å²) >= 11 is 5.91. The van der Waals surface area contributed by atoms with Gasteiger partial charge in [0.05, 0.1) is 11.4 Å². The second-order valence-electron chi connectivity index (χ2n) is 5.45. The molecule has 1 aromatic carbocycles. The topological polar surface area (TPSA) is 37.8 Å². The third kappa shape index (κ3) is 3.17. The number of aryl methyl sites for hydroxylation is 1. The Morgan fingerprint density at radius 2 is 1.90 bits per heavy atom. The van der Waals surface area contributed by atoms with Gasteiger partial charge in [-0.05, 0) is 43.4 Å². The number of rotatable bonds is 4. The third-order valence-electron chi connectivity index (χ3n) is 3.89. The number of nitrogens with one attached hydrogen (secondary N) is 1. The molecule has 0 bridgehead atoms. The second kappa shape index (κ2) is 5.90. The van der Waals surface area contributed by atoms with Crippen LogP contribution in [0.25, 0.3) is 0 Å². The van der Waals surface area contributed by atoms with E-state index in [0.717, 1.165) is 23.0 Å². The van der Waals surface area contributed by atoms with Gasteiger partial charge in [0.15, 0.2) is 0 Å². The van der Waals surface area contributed by atoms with E-state index in [1.807, 2.05) is 31.5 Å². The molecule has 1 aromatic heterocycles. The quantitative estimate of drug-likeness (QED) is 0.935. The van der Waals surface area contributed by atoms with E-state index in [4.69, 9.17) is 11.6 Å². The summed E-state index contributed by atoms with van der Waals surface area (Å²) in [6.45, 7) is 2.75. The van der Waals surface area contributed by atoms with E-state index in [-0.39, 0.29) is 0 Å². The van der Waals surface area contributed by atoms with Crippen LogP contribution in [0.15, 0.2) is 36.7 Å². The Morgan fingerprint density at radius 1 is 1.15 bits per heavy atom. The molecule has 3 rings (SSSR count). The summed E-state index contributed by atoms with van der Waals surface area (Å²) in [5, 5.41) is 4.34. The van der Waals surface area contributed by atoms with E-state index in [9.17, 15) is 0 Å². The lowest BCUT2D eigenvalue weighted by atomic mass is 9.76. The van der Waals surface area contributed by atoms with Crippen LogP contribution in [0.1, 0.15) is 35.7 Å². The number of aromatic nitrogens is 2. The zero-order valence-corrected chi connectivity index (χ0v) is 12.3. The first-order valence-electron chi connectivity index (χ1n) is 6.97. The molecule has 0 saturated heterocycles. The smallest absolute Gasteiger partial charge is 0.0724 e. The van der Waals surface area contributed by atoms with Crippen LogP contribution in [0, 0.1) is 6.92 Å². The van der Waals surface area contributed by atoms with Crippen molar-refractivity contribution < 1.29 is 0 Å². The maximum Gasteiger partial charge on any atom is 0.0724 e. The molecule has 20 heavy (non-hydrogen) atoms. The molecule has 0 radical (unpaired) electrons.